The number of rotatable bonds is 3. The summed E-state index contributed by atoms with van der Waals surface area (Å²) in [6, 6.07) is 21.4. The van der Waals surface area contributed by atoms with Crippen LogP contribution in [0.25, 0.3) is 0 Å². The van der Waals surface area contributed by atoms with Gasteiger partial charge in [-0.1, -0.05) is 72.8 Å². The fourth-order valence-electron chi connectivity index (χ4n) is 2.23. The quantitative estimate of drug-likeness (QED) is 0.752. The van der Waals surface area contributed by atoms with Crippen LogP contribution in [0.4, 0.5) is 0 Å². The van der Waals surface area contributed by atoms with Crippen LogP contribution in [0.2, 0.25) is 0 Å². The van der Waals surface area contributed by atoms with E-state index in [0.717, 1.165) is 6.42 Å². The van der Waals surface area contributed by atoms with Gasteiger partial charge in [0.15, 0.2) is 0 Å². The summed E-state index contributed by atoms with van der Waals surface area (Å²) in [7, 11) is -0.539. The second-order valence-corrected chi connectivity index (χ2v) is 6.75. The summed E-state index contributed by atoms with van der Waals surface area (Å²) in [5, 5.41) is 2.72. The molecule has 0 atom stereocenters. The van der Waals surface area contributed by atoms with E-state index in [2.05, 4.69) is 77.8 Å². The standard InChI is InChI=1S/C18H16NP/c1-4-10-16(11-5-1)20(17-12-6-2-7-13-17)18-14-8-3-9-15-19-18/h1-13,15H,14H2. The molecule has 0 bridgehead atoms. The highest BCUT2D eigenvalue weighted by atomic mass is 31.1. The zero-order chi connectivity index (χ0) is 13.6. The molecule has 2 aromatic carbocycles. The van der Waals surface area contributed by atoms with E-state index in [0.29, 0.717) is 0 Å². The molecule has 3 rings (SSSR count). The van der Waals surface area contributed by atoms with Gasteiger partial charge in [-0.3, -0.25) is 4.99 Å². The highest BCUT2D eigenvalue weighted by molar-refractivity contribution is 7.88. The molecule has 0 amide bonds. The first kappa shape index (κ1) is 13.0. The smallest absolute Gasteiger partial charge is 0.0535 e. The Labute approximate surface area is 121 Å². The lowest BCUT2D eigenvalue weighted by Gasteiger charge is -2.19. The second kappa shape index (κ2) is 6.45. The van der Waals surface area contributed by atoms with Gasteiger partial charge < -0.3 is 0 Å². The van der Waals surface area contributed by atoms with Gasteiger partial charge in [-0.25, -0.2) is 0 Å². The average Bonchev–Trinajstić information content (AvgIpc) is 2.79. The van der Waals surface area contributed by atoms with Crippen LogP contribution in [0.15, 0.2) is 90.1 Å². The minimum Gasteiger partial charge on any atom is -0.260 e. The van der Waals surface area contributed by atoms with Crippen molar-refractivity contribution in [1.29, 1.82) is 0 Å². The van der Waals surface area contributed by atoms with Crippen LogP contribution in [0.1, 0.15) is 6.42 Å². The Kier molecular flexibility index (Phi) is 4.20. The van der Waals surface area contributed by atoms with Crippen LogP contribution in [-0.4, -0.2) is 5.45 Å². The van der Waals surface area contributed by atoms with E-state index in [-0.39, 0.29) is 0 Å². The third-order valence-electron chi connectivity index (χ3n) is 3.14. The topological polar surface area (TPSA) is 12.4 Å². The summed E-state index contributed by atoms with van der Waals surface area (Å²) >= 11 is 0. The fourth-order valence-corrected chi connectivity index (χ4v) is 4.54. The number of nitrogens with zero attached hydrogens (tertiary/aromatic N) is 1. The SMILES string of the molecule is C1=CCC(P(c2ccccc2)c2ccccc2)=NC=C1. The third-order valence-corrected chi connectivity index (χ3v) is 5.59. The number of benzene rings is 2. The Morgan fingerprint density at radius 2 is 1.35 bits per heavy atom. The van der Waals surface area contributed by atoms with E-state index < -0.39 is 7.92 Å². The first-order chi connectivity index (χ1) is 9.95. The molecule has 1 heterocycles. The largest absolute Gasteiger partial charge is 0.260 e. The van der Waals surface area contributed by atoms with Gasteiger partial charge in [-0.2, -0.15) is 0 Å². The summed E-state index contributed by atoms with van der Waals surface area (Å²) in [6.07, 6.45) is 9.07. The molecular formula is C18H16NP. The molecule has 1 aliphatic heterocycles. The predicted octanol–water partition coefficient (Wildman–Crippen LogP) is 3.99. The second-order valence-electron chi connectivity index (χ2n) is 4.53. The Morgan fingerprint density at radius 3 is 1.95 bits per heavy atom. The Bertz CT molecular complexity index is 602. The van der Waals surface area contributed by atoms with Crippen LogP contribution < -0.4 is 10.6 Å². The Morgan fingerprint density at radius 1 is 0.750 bits per heavy atom. The van der Waals surface area contributed by atoms with Gasteiger partial charge >= 0.3 is 0 Å². The van der Waals surface area contributed by atoms with Gasteiger partial charge in [-0.05, 0) is 16.7 Å². The van der Waals surface area contributed by atoms with E-state index in [4.69, 9.17) is 0 Å². The first-order valence-electron chi connectivity index (χ1n) is 6.74. The summed E-state index contributed by atoms with van der Waals surface area (Å²) in [5.74, 6) is 0. The maximum Gasteiger partial charge on any atom is 0.0535 e. The minimum absolute atomic E-state index is 0.539. The lowest BCUT2D eigenvalue weighted by Crippen LogP contribution is -2.17. The van der Waals surface area contributed by atoms with Gasteiger partial charge in [0.05, 0.1) is 5.45 Å². The number of hydrogen-bond acceptors (Lipinski definition) is 1. The lowest BCUT2D eigenvalue weighted by molar-refractivity contribution is 1.48. The minimum atomic E-state index is -0.539. The van der Waals surface area contributed by atoms with Crippen molar-refractivity contribution in [3.05, 3.63) is 85.1 Å². The van der Waals surface area contributed by atoms with E-state index >= 15 is 0 Å². The van der Waals surface area contributed by atoms with Crippen molar-refractivity contribution in [2.75, 3.05) is 0 Å². The van der Waals surface area contributed by atoms with Crippen molar-refractivity contribution in [3.63, 3.8) is 0 Å². The van der Waals surface area contributed by atoms with Gasteiger partial charge in [0.2, 0.25) is 0 Å². The van der Waals surface area contributed by atoms with Crippen LogP contribution in [0.3, 0.4) is 0 Å². The van der Waals surface area contributed by atoms with Crippen LogP contribution in [0, 0.1) is 0 Å². The van der Waals surface area contributed by atoms with Crippen molar-refractivity contribution in [3.8, 4) is 0 Å². The monoisotopic (exact) mass is 277 g/mol. The molecule has 98 valence electrons. The Balaban J connectivity index is 2.07. The number of aliphatic imine (C=N–C) groups is 1. The molecule has 1 nitrogen and oxygen atoms in total. The molecule has 0 fully saturated rings. The summed E-state index contributed by atoms with van der Waals surface area (Å²) < 4.78 is 0. The van der Waals surface area contributed by atoms with Crippen molar-refractivity contribution in [2.24, 2.45) is 4.99 Å². The normalized spacial score (nSPS) is 14.2. The molecule has 1 aliphatic rings. The van der Waals surface area contributed by atoms with Gasteiger partial charge in [0, 0.05) is 20.5 Å². The molecule has 0 radical (unpaired) electrons. The van der Waals surface area contributed by atoms with Crippen molar-refractivity contribution in [2.45, 2.75) is 6.42 Å². The maximum absolute atomic E-state index is 4.68. The lowest BCUT2D eigenvalue weighted by atomic mass is 10.4. The molecule has 20 heavy (non-hydrogen) atoms. The molecule has 0 saturated carbocycles. The van der Waals surface area contributed by atoms with Crippen LogP contribution >= 0.6 is 7.92 Å². The molecule has 0 saturated heterocycles. The third kappa shape index (κ3) is 2.95. The average molecular weight is 277 g/mol. The fraction of sp³-hybridized carbons (Fsp3) is 0.0556. The van der Waals surface area contributed by atoms with Gasteiger partial charge in [0.1, 0.15) is 0 Å². The first-order valence-corrected chi connectivity index (χ1v) is 8.08. The van der Waals surface area contributed by atoms with Crippen molar-refractivity contribution < 1.29 is 0 Å². The zero-order valence-electron chi connectivity index (χ0n) is 11.2. The zero-order valence-corrected chi connectivity index (χ0v) is 12.1. The number of allylic oxidation sites excluding steroid dienone is 3. The molecular weight excluding hydrogens is 261 g/mol. The molecule has 0 aromatic heterocycles. The van der Waals surface area contributed by atoms with Gasteiger partial charge in [-0.15, -0.1) is 0 Å². The molecule has 0 aliphatic carbocycles. The summed E-state index contributed by atoms with van der Waals surface area (Å²) in [6.45, 7) is 0. The maximum atomic E-state index is 4.68. The highest BCUT2D eigenvalue weighted by Gasteiger charge is 2.19. The van der Waals surface area contributed by atoms with Crippen molar-refractivity contribution >= 4 is 24.0 Å². The molecule has 2 heteroatoms. The summed E-state index contributed by atoms with van der Waals surface area (Å²) in [5.41, 5.74) is 1.25. The summed E-state index contributed by atoms with van der Waals surface area (Å²) in [4.78, 5) is 4.68. The molecule has 0 unspecified atom stereocenters. The molecule has 0 spiro atoms. The van der Waals surface area contributed by atoms with E-state index in [1.807, 2.05) is 12.3 Å². The van der Waals surface area contributed by atoms with Crippen molar-refractivity contribution in [1.82, 2.24) is 0 Å². The number of hydrogen-bond donors (Lipinski definition) is 0. The Hall–Kier alpha value is -1.98. The van der Waals surface area contributed by atoms with Crippen LogP contribution in [0.5, 0.6) is 0 Å². The van der Waals surface area contributed by atoms with E-state index in [1.54, 1.807) is 0 Å². The van der Waals surface area contributed by atoms with Crippen LogP contribution in [-0.2, 0) is 0 Å². The van der Waals surface area contributed by atoms with E-state index in [1.165, 1.54) is 16.1 Å². The van der Waals surface area contributed by atoms with Gasteiger partial charge in [0.25, 0.3) is 0 Å². The molecule has 2 aromatic rings. The molecule has 0 N–H and O–H groups in total. The highest BCUT2D eigenvalue weighted by Crippen LogP contribution is 2.37. The predicted molar refractivity (Wildman–Crippen MR) is 89.4 cm³/mol. The van der Waals surface area contributed by atoms with E-state index in [9.17, 15) is 0 Å².